The van der Waals surface area contributed by atoms with E-state index in [9.17, 15) is 4.79 Å². The molecule has 0 aliphatic heterocycles. The van der Waals surface area contributed by atoms with Crippen LogP contribution in [-0.2, 0) is 6.54 Å². The maximum Gasteiger partial charge on any atom is 0.280 e. The van der Waals surface area contributed by atoms with E-state index in [-0.39, 0.29) is 5.56 Å². The van der Waals surface area contributed by atoms with Crippen molar-refractivity contribution < 1.29 is 14.2 Å². The molecule has 4 rings (SSSR count). The molecule has 0 aliphatic rings. The number of aromatic nitrogens is 2. The standard InChI is InChI=1S/C24H22BrN3O4/c1-30-20-12-16(13-21(31-2)22(20)32-3)23-27-19-10-5-4-9-18(19)24(29)28(23)26-14-15-7-6-8-17(25)11-15/h4-13,26H,14H2,1-3H3. The molecule has 7 nitrogen and oxygen atoms in total. The van der Waals surface area contributed by atoms with Crippen molar-refractivity contribution >= 4 is 26.8 Å². The molecule has 0 spiro atoms. The van der Waals surface area contributed by atoms with Crippen molar-refractivity contribution in [2.24, 2.45) is 0 Å². The summed E-state index contributed by atoms with van der Waals surface area (Å²) in [5.74, 6) is 1.85. The minimum absolute atomic E-state index is 0.200. The number of rotatable bonds is 7. The van der Waals surface area contributed by atoms with Crippen molar-refractivity contribution in [3.05, 3.63) is 81.1 Å². The van der Waals surface area contributed by atoms with E-state index in [0.717, 1.165) is 10.0 Å². The fraction of sp³-hybridized carbons (Fsp3) is 0.167. The van der Waals surface area contributed by atoms with Crippen molar-refractivity contribution in [1.29, 1.82) is 0 Å². The monoisotopic (exact) mass is 495 g/mol. The molecule has 32 heavy (non-hydrogen) atoms. The molecule has 0 fully saturated rings. The largest absolute Gasteiger partial charge is 0.493 e. The Bertz CT molecular complexity index is 1310. The van der Waals surface area contributed by atoms with Gasteiger partial charge in [-0.15, -0.1) is 0 Å². The smallest absolute Gasteiger partial charge is 0.280 e. The van der Waals surface area contributed by atoms with Gasteiger partial charge in [-0.25, -0.2) is 9.66 Å². The van der Waals surface area contributed by atoms with Gasteiger partial charge in [-0.05, 0) is 42.0 Å². The molecule has 0 aliphatic carbocycles. The van der Waals surface area contributed by atoms with E-state index in [4.69, 9.17) is 19.2 Å². The predicted molar refractivity (Wildman–Crippen MR) is 128 cm³/mol. The van der Waals surface area contributed by atoms with Crippen molar-refractivity contribution in [2.75, 3.05) is 26.8 Å². The molecule has 8 heteroatoms. The number of hydrogen-bond acceptors (Lipinski definition) is 6. The van der Waals surface area contributed by atoms with Gasteiger partial charge in [-0.3, -0.25) is 4.79 Å². The summed E-state index contributed by atoms with van der Waals surface area (Å²) in [6, 6.07) is 18.7. The molecule has 164 valence electrons. The first-order valence-electron chi connectivity index (χ1n) is 9.86. The number of ether oxygens (including phenoxy) is 3. The normalized spacial score (nSPS) is 10.8. The lowest BCUT2D eigenvalue weighted by Gasteiger charge is -2.18. The van der Waals surface area contributed by atoms with E-state index in [1.165, 1.54) is 4.68 Å². The quantitative estimate of drug-likeness (QED) is 0.404. The van der Waals surface area contributed by atoms with E-state index >= 15 is 0 Å². The lowest BCUT2D eigenvalue weighted by molar-refractivity contribution is 0.324. The number of nitrogens with one attached hydrogen (secondary N) is 1. The lowest BCUT2D eigenvalue weighted by Crippen LogP contribution is -2.31. The summed E-state index contributed by atoms with van der Waals surface area (Å²) in [5.41, 5.74) is 5.28. The van der Waals surface area contributed by atoms with Gasteiger partial charge in [0.2, 0.25) is 5.75 Å². The summed E-state index contributed by atoms with van der Waals surface area (Å²) in [7, 11) is 4.64. The van der Waals surface area contributed by atoms with Crippen LogP contribution in [0.5, 0.6) is 17.2 Å². The van der Waals surface area contributed by atoms with E-state index in [1.807, 2.05) is 42.5 Å². The topological polar surface area (TPSA) is 74.6 Å². The zero-order valence-corrected chi connectivity index (χ0v) is 19.5. The van der Waals surface area contributed by atoms with E-state index in [0.29, 0.717) is 46.1 Å². The maximum atomic E-state index is 13.4. The Hall–Kier alpha value is -3.52. The first-order valence-corrected chi connectivity index (χ1v) is 10.7. The van der Waals surface area contributed by atoms with Gasteiger partial charge in [-0.1, -0.05) is 40.2 Å². The van der Waals surface area contributed by atoms with Crippen LogP contribution in [0.3, 0.4) is 0 Å². The van der Waals surface area contributed by atoms with Crippen LogP contribution in [0.2, 0.25) is 0 Å². The third-order valence-corrected chi connectivity index (χ3v) is 5.52. The maximum absolute atomic E-state index is 13.4. The van der Waals surface area contributed by atoms with E-state index < -0.39 is 0 Å². The molecule has 0 unspecified atom stereocenters. The van der Waals surface area contributed by atoms with Gasteiger partial charge in [0.25, 0.3) is 5.56 Å². The van der Waals surface area contributed by atoms with Crippen molar-refractivity contribution in [2.45, 2.75) is 6.54 Å². The van der Waals surface area contributed by atoms with Gasteiger partial charge in [0, 0.05) is 10.0 Å². The lowest BCUT2D eigenvalue weighted by atomic mass is 10.1. The fourth-order valence-electron chi connectivity index (χ4n) is 3.50. The highest BCUT2D eigenvalue weighted by molar-refractivity contribution is 9.10. The third-order valence-electron chi connectivity index (χ3n) is 5.03. The zero-order chi connectivity index (χ0) is 22.7. The summed E-state index contributed by atoms with van der Waals surface area (Å²) >= 11 is 3.48. The Kier molecular flexibility index (Phi) is 6.32. The number of methoxy groups -OCH3 is 3. The molecule has 1 heterocycles. The Morgan fingerprint density at radius 3 is 2.31 bits per heavy atom. The predicted octanol–water partition coefficient (Wildman–Crippen LogP) is 4.60. The Balaban J connectivity index is 1.90. The molecule has 3 aromatic carbocycles. The SMILES string of the molecule is COc1cc(-c2nc3ccccc3c(=O)n2NCc2cccc(Br)c2)cc(OC)c1OC. The summed E-state index contributed by atoms with van der Waals surface area (Å²) in [6.07, 6.45) is 0. The summed E-state index contributed by atoms with van der Waals surface area (Å²) < 4.78 is 18.8. The molecule has 0 bridgehead atoms. The highest BCUT2D eigenvalue weighted by Crippen LogP contribution is 2.40. The first-order chi connectivity index (χ1) is 15.5. The molecule has 0 saturated heterocycles. The van der Waals surface area contributed by atoms with Crippen LogP contribution in [0.1, 0.15) is 5.56 Å². The Morgan fingerprint density at radius 2 is 1.66 bits per heavy atom. The average Bonchev–Trinajstić information content (AvgIpc) is 2.82. The van der Waals surface area contributed by atoms with Crippen LogP contribution in [0.4, 0.5) is 0 Å². The minimum atomic E-state index is -0.200. The van der Waals surface area contributed by atoms with Crippen molar-refractivity contribution in [3.8, 4) is 28.6 Å². The van der Waals surface area contributed by atoms with Gasteiger partial charge in [0.15, 0.2) is 17.3 Å². The Labute approximate surface area is 193 Å². The highest BCUT2D eigenvalue weighted by atomic mass is 79.9. The van der Waals surface area contributed by atoms with Crippen LogP contribution in [0.25, 0.3) is 22.3 Å². The average molecular weight is 496 g/mol. The van der Waals surface area contributed by atoms with Gasteiger partial charge >= 0.3 is 0 Å². The minimum Gasteiger partial charge on any atom is -0.493 e. The highest BCUT2D eigenvalue weighted by Gasteiger charge is 2.19. The van der Waals surface area contributed by atoms with Gasteiger partial charge < -0.3 is 19.6 Å². The molecule has 1 N–H and O–H groups in total. The second-order valence-electron chi connectivity index (χ2n) is 6.97. The molecule has 0 radical (unpaired) electrons. The van der Waals surface area contributed by atoms with Crippen molar-refractivity contribution in [1.82, 2.24) is 9.66 Å². The number of halogens is 1. The van der Waals surface area contributed by atoms with Crippen LogP contribution in [-0.4, -0.2) is 31.0 Å². The van der Waals surface area contributed by atoms with E-state index in [2.05, 4.69) is 21.4 Å². The second kappa shape index (κ2) is 9.32. The zero-order valence-electron chi connectivity index (χ0n) is 17.9. The molecule has 1 aromatic heterocycles. The number of hydrogen-bond donors (Lipinski definition) is 1. The van der Waals surface area contributed by atoms with Crippen LogP contribution in [0.15, 0.2) is 69.9 Å². The summed E-state index contributed by atoms with van der Waals surface area (Å²) in [5, 5.41) is 0.519. The number of fused-ring (bicyclic) bond motifs is 1. The van der Waals surface area contributed by atoms with Gasteiger partial charge in [0.05, 0.1) is 38.8 Å². The van der Waals surface area contributed by atoms with Gasteiger partial charge in [-0.2, -0.15) is 0 Å². The van der Waals surface area contributed by atoms with Gasteiger partial charge in [0.1, 0.15) is 0 Å². The van der Waals surface area contributed by atoms with Crippen LogP contribution >= 0.6 is 15.9 Å². The van der Waals surface area contributed by atoms with Crippen LogP contribution in [0, 0.1) is 0 Å². The fourth-order valence-corrected chi connectivity index (χ4v) is 3.95. The van der Waals surface area contributed by atoms with E-state index in [1.54, 1.807) is 39.5 Å². The molecule has 0 amide bonds. The number of benzene rings is 3. The first kappa shape index (κ1) is 21.7. The molecular weight excluding hydrogens is 474 g/mol. The summed E-state index contributed by atoms with van der Waals surface area (Å²) in [6.45, 7) is 0.427. The number of para-hydroxylation sites is 1. The number of nitrogens with zero attached hydrogens (tertiary/aromatic N) is 2. The second-order valence-corrected chi connectivity index (χ2v) is 7.89. The molecule has 0 saturated carbocycles. The molecule has 4 aromatic rings. The molecule has 0 atom stereocenters. The molecular formula is C24H22BrN3O4. The Morgan fingerprint density at radius 1 is 0.938 bits per heavy atom. The third kappa shape index (κ3) is 4.13. The van der Waals surface area contributed by atoms with Crippen LogP contribution < -0.4 is 25.2 Å². The summed E-state index contributed by atoms with van der Waals surface area (Å²) in [4.78, 5) is 18.2. The van der Waals surface area contributed by atoms with Crippen molar-refractivity contribution in [3.63, 3.8) is 0 Å².